The Labute approximate surface area is 126 Å². The van der Waals surface area contributed by atoms with Crippen LogP contribution in [0.5, 0.6) is 0 Å². The van der Waals surface area contributed by atoms with Crippen LogP contribution < -0.4 is 5.32 Å². The molecule has 1 rings (SSSR count). The third-order valence-corrected chi connectivity index (χ3v) is 4.22. The van der Waals surface area contributed by atoms with Gasteiger partial charge in [0.25, 0.3) is 0 Å². The van der Waals surface area contributed by atoms with Crippen molar-refractivity contribution in [3.8, 4) is 0 Å². The van der Waals surface area contributed by atoms with Crippen LogP contribution in [0, 0.1) is 5.41 Å². The van der Waals surface area contributed by atoms with Gasteiger partial charge in [-0.05, 0) is 19.9 Å². The molecule has 0 aromatic heterocycles. The minimum Gasteiger partial charge on any atom is -0.481 e. The molecule has 0 spiro atoms. The lowest BCUT2D eigenvalue weighted by atomic mass is 9.84. The zero-order valence-electron chi connectivity index (χ0n) is 13.2. The highest BCUT2D eigenvalue weighted by molar-refractivity contribution is 5.79. The molecule has 0 aliphatic carbocycles. The molecule has 0 saturated carbocycles. The molecule has 1 fully saturated rings. The summed E-state index contributed by atoms with van der Waals surface area (Å²) in [6.07, 6.45) is 1.08. The van der Waals surface area contributed by atoms with Crippen molar-refractivity contribution in [2.45, 2.75) is 19.8 Å². The van der Waals surface area contributed by atoms with Gasteiger partial charge < -0.3 is 25.0 Å². The number of ether oxygens (including phenoxy) is 1. The first-order valence-electron chi connectivity index (χ1n) is 7.39. The van der Waals surface area contributed by atoms with E-state index in [-0.39, 0.29) is 6.03 Å². The Hall–Kier alpha value is -1.34. The predicted molar refractivity (Wildman–Crippen MR) is 79.3 cm³/mol. The fraction of sp³-hybridized carbons (Fsp3) is 0.857. The maximum Gasteiger partial charge on any atom is 0.317 e. The van der Waals surface area contributed by atoms with Gasteiger partial charge in [-0.3, -0.25) is 4.79 Å². The van der Waals surface area contributed by atoms with Crippen molar-refractivity contribution in [2.75, 3.05) is 53.5 Å². The number of hydrogen-bond acceptors (Lipinski definition) is 4. The number of methoxy groups -OCH3 is 1. The number of urea groups is 1. The third-order valence-electron chi connectivity index (χ3n) is 4.22. The van der Waals surface area contributed by atoms with Gasteiger partial charge in [0, 0.05) is 39.8 Å². The minimum absolute atomic E-state index is 0.174. The number of rotatable bonds is 8. The average molecular weight is 301 g/mol. The van der Waals surface area contributed by atoms with Crippen LogP contribution in [0.4, 0.5) is 4.79 Å². The number of aliphatic carboxylic acids is 1. The van der Waals surface area contributed by atoms with Crippen molar-refractivity contribution < 1.29 is 19.4 Å². The van der Waals surface area contributed by atoms with E-state index < -0.39 is 11.4 Å². The lowest BCUT2D eigenvalue weighted by molar-refractivity contribution is -0.148. The van der Waals surface area contributed by atoms with Crippen LogP contribution in [0.1, 0.15) is 19.8 Å². The zero-order chi connectivity index (χ0) is 15.9. The maximum absolute atomic E-state index is 12.0. The van der Waals surface area contributed by atoms with Crippen LogP contribution in [0.25, 0.3) is 0 Å². The first-order valence-corrected chi connectivity index (χ1v) is 7.39. The Morgan fingerprint density at radius 3 is 2.67 bits per heavy atom. The number of nitrogens with zero attached hydrogens (tertiary/aromatic N) is 2. The summed E-state index contributed by atoms with van der Waals surface area (Å²) in [6.45, 7) is 5.42. The smallest absolute Gasteiger partial charge is 0.317 e. The van der Waals surface area contributed by atoms with Crippen molar-refractivity contribution in [1.82, 2.24) is 15.1 Å². The van der Waals surface area contributed by atoms with Gasteiger partial charge in [0.1, 0.15) is 0 Å². The molecule has 0 radical (unpaired) electrons. The Kier molecular flexibility index (Phi) is 6.91. The van der Waals surface area contributed by atoms with Crippen molar-refractivity contribution in [3.05, 3.63) is 0 Å². The molecule has 1 saturated heterocycles. The molecule has 2 amide bonds. The lowest BCUT2D eigenvalue weighted by Gasteiger charge is -2.23. The number of carboxylic acid groups (broad SMARTS) is 1. The van der Waals surface area contributed by atoms with Gasteiger partial charge in [0.15, 0.2) is 0 Å². The number of likely N-dealkylation sites (tertiary alicyclic amines) is 1. The van der Waals surface area contributed by atoms with Crippen molar-refractivity contribution in [3.63, 3.8) is 0 Å². The van der Waals surface area contributed by atoms with E-state index in [1.54, 1.807) is 12.0 Å². The van der Waals surface area contributed by atoms with E-state index in [0.29, 0.717) is 39.1 Å². The number of carbonyl (C=O) groups excluding carboxylic acids is 1. The van der Waals surface area contributed by atoms with Crippen molar-refractivity contribution >= 4 is 12.0 Å². The van der Waals surface area contributed by atoms with Gasteiger partial charge >= 0.3 is 12.0 Å². The van der Waals surface area contributed by atoms with Gasteiger partial charge in [-0.1, -0.05) is 6.92 Å². The number of amides is 2. The number of carboxylic acids is 1. The van der Waals surface area contributed by atoms with E-state index in [4.69, 9.17) is 4.74 Å². The normalized spacial score (nSPS) is 21.8. The largest absolute Gasteiger partial charge is 0.481 e. The maximum atomic E-state index is 12.0. The molecule has 7 heteroatoms. The molecule has 21 heavy (non-hydrogen) atoms. The average Bonchev–Trinajstić information content (AvgIpc) is 2.91. The van der Waals surface area contributed by atoms with Gasteiger partial charge in [0.2, 0.25) is 0 Å². The first kappa shape index (κ1) is 17.7. The van der Waals surface area contributed by atoms with Gasteiger partial charge in [-0.15, -0.1) is 0 Å². The predicted octanol–water partition coefficient (Wildman–Crippen LogP) is 0.461. The molecule has 1 aliphatic heterocycles. The fourth-order valence-corrected chi connectivity index (χ4v) is 2.48. The van der Waals surface area contributed by atoms with Crippen LogP contribution >= 0.6 is 0 Å². The molecule has 0 aromatic carbocycles. The number of carbonyl (C=O) groups is 2. The molecule has 7 nitrogen and oxygen atoms in total. The Balaban J connectivity index is 2.32. The molecule has 2 N–H and O–H groups in total. The number of nitrogens with one attached hydrogen (secondary N) is 1. The summed E-state index contributed by atoms with van der Waals surface area (Å²) in [5, 5.41) is 12.2. The summed E-state index contributed by atoms with van der Waals surface area (Å²) in [7, 11) is 3.62. The summed E-state index contributed by atoms with van der Waals surface area (Å²) in [5.41, 5.74) is -0.771. The van der Waals surface area contributed by atoms with E-state index in [0.717, 1.165) is 13.1 Å². The van der Waals surface area contributed by atoms with Gasteiger partial charge in [-0.2, -0.15) is 0 Å². The molecule has 1 heterocycles. The highest BCUT2D eigenvalue weighted by Crippen LogP contribution is 2.34. The van der Waals surface area contributed by atoms with E-state index in [2.05, 4.69) is 10.2 Å². The van der Waals surface area contributed by atoms with E-state index in [1.165, 1.54) is 0 Å². The first-order chi connectivity index (χ1) is 9.95. The quantitative estimate of drug-likeness (QED) is 0.681. The van der Waals surface area contributed by atoms with Gasteiger partial charge in [0.05, 0.1) is 12.0 Å². The fourth-order valence-electron chi connectivity index (χ4n) is 2.48. The van der Waals surface area contributed by atoms with Crippen LogP contribution in [-0.2, 0) is 9.53 Å². The third kappa shape index (κ3) is 4.86. The number of likely N-dealkylation sites (N-methyl/N-ethyl adjacent to an activating group) is 1. The highest BCUT2D eigenvalue weighted by atomic mass is 16.5. The zero-order valence-corrected chi connectivity index (χ0v) is 13.2. The highest BCUT2D eigenvalue weighted by Gasteiger charge is 2.44. The second-order valence-corrected chi connectivity index (χ2v) is 5.64. The molecular formula is C14H27N3O4. The molecule has 122 valence electrons. The number of hydrogen-bond donors (Lipinski definition) is 2. The Morgan fingerprint density at radius 2 is 2.14 bits per heavy atom. The monoisotopic (exact) mass is 301 g/mol. The van der Waals surface area contributed by atoms with E-state index in [1.807, 2.05) is 14.0 Å². The summed E-state index contributed by atoms with van der Waals surface area (Å²) in [5.74, 6) is -0.806. The Bertz CT molecular complexity index is 364. The molecule has 1 unspecified atom stereocenters. The van der Waals surface area contributed by atoms with Gasteiger partial charge in [-0.25, -0.2) is 4.79 Å². The van der Waals surface area contributed by atoms with Crippen LogP contribution in [0.3, 0.4) is 0 Å². The molecule has 0 aromatic rings. The molecule has 1 aliphatic rings. The summed E-state index contributed by atoms with van der Waals surface area (Å²) in [6, 6.07) is -0.174. The standard InChI is InChI=1S/C14H27N3O4/c1-4-14(12(18)19)5-7-17(11-14)13(20)15-6-8-16(2)9-10-21-3/h4-11H2,1-3H3,(H,15,20)(H,18,19). The lowest BCUT2D eigenvalue weighted by Crippen LogP contribution is -2.43. The second-order valence-electron chi connectivity index (χ2n) is 5.64. The van der Waals surface area contributed by atoms with Crippen molar-refractivity contribution in [1.29, 1.82) is 0 Å². The minimum atomic E-state index is -0.806. The molecular weight excluding hydrogens is 274 g/mol. The molecule has 1 atom stereocenters. The van der Waals surface area contributed by atoms with Crippen LogP contribution in [0.15, 0.2) is 0 Å². The van der Waals surface area contributed by atoms with E-state index >= 15 is 0 Å². The van der Waals surface area contributed by atoms with Crippen molar-refractivity contribution in [2.24, 2.45) is 5.41 Å². The SMILES string of the molecule is CCC1(C(=O)O)CCN(C(=O)NCCN(C)CCOC)C1. The Morgan fingerprint density at radius 1 is 1.43 bits per heavy atom. The molecule has 0 bridgehead atoms. The topological polar surface area (TPSA) is 82.1 Å². The summed E-state index contributed by atoms with van der Waals surface area (Å²) < 4.78 is 4.99. The summed E-state index contributed by atoms with van der Waals surface area (Å²) >= 11 is 0. The van der Waals surface area contributed by atoms with E-state index in [9.17, 15) is 14.7 Å². The van der Waals surface area contributed by atoms with Crippen LogP contribution in [0.2, 0.25) is 0 Å². The van der Waals surface area contributed by atoms with Crippen LogP contribution in [-0.4, -0.2) is 80.4 Å². The second kappa shape index (κ2) is 8.19. The summed E-state index contributed by atoms with van der Waals surface area (Å²) in [4.78, 5) is 27.1.